The molecule has 0 saturated carbocycles. The molecule has 0 aromatic heterocycles. The molecular formula is C14H14. The average Bonchev–Trinajstić information content (AvgIpc) is 2.63. The average molecular weight is 182 g/mol. The molecule has 0 nitrogen and oxygen atoms in total. The lowest BCUT2D eigenvalue weighted by Gasteiger charge is -1.91. The highest BCUT2D eigenvalue weighted by Crippen LogP contribution is 2.24. The fourth-order valence-electron chi connectivity index (χ4n) is 1.73. The highest BCUT2D eigenvalue weighted by molar-refractivity contribution is 5.43. The van der Waals surface area contributed by atoms with E-state index in [1.807, 2.05) is 18.2 Å². The summed E-state index contributed by atoms with van der Waals surface area (Å²) in [5.41, 5.74) is 3.95. The second kappa shape index (κ2) is 4.15. The maximum absolute atomic E-state index is 3.28. The molecule has 0 bridgehead atoms. The summed E-state index contributed by atoms with van der Waals surface area (Å²) in [6, 6.07) is 10.2. The van der Waals surface area contributed by atoms with Gasteiger partial charge in [0.05, 0.1) is 0 Å². The Bertz CT molecular complexity index is 399. The lowest BCUT2D eigenvalue weighted by atomic mass is 10.1. The van der Waals surface area contributed by atoms with Crippen LogP contribution in [0.15, 0.2) is 41.5 Å². The summed E-state index contributed by atoms with van der Waals surface area (Å²) in [4.78, 5) is 0. The Morgan fingerprint density at radius 1 is 1.00 bits per heavy atom. The van der Waals surface area contributed by atoms with Crippen LogP contribution in [-0.2, 0) is 0 Å². The standard InChI is InChI=1S/C14H14/c1-12-6-5-9-14(12)11-10-13-7-3-2-4-8-13/h2-4,7-8H,5-6,9H2,1H3. The van der Waals surface area contributed by atoms with E-state index in [4.69, 9.17) is 0 Å². The molecule has 0 heteroatoms. The van der Waals surface area contributed by atoms with Gasteiger partial charge in [-0.05, 0) is 38.3 Å². The van der Waals surface area contributed by atoms with Crippen molar-refractivity contribution in [3.8, 4) is 11.8 Å². The molecule has 0 heterocycles. The third-order valence-electron chi connectivity index (χ3n) is 2.63. The molecule has 14 heavy (non-hydrogen) atoms. The molecule has 0 aliphatic heterocycles. The van der Waals surface area contributed by atoms with E-state index in [1.54, 1.807) is 0 Å². The van der Waals surface area contributed by atoms with Crippen molar-refractivity contribution < 1.29 is 0 Å². The zero-order valence-corrected chi connectivity index (χ0v) is 8.51. The Morgan fingerprint density at radius 2 is 1.79 bits per heavy atom. The van der Waals surface area contributed by atoms with Gasteiger partial charge in [-0.15, -0.1) is 0 Å². The third-order valence-corrected chi connectivity index (χ3v) is 2.63. The molecular weight excluding hydrogens is 168 g/mol. The fraction of sp³-hybridized carbons (Fsp3) is 0.286. The van der Waals surface area contributed by atoms with E-state index in [-0.39, 0.29) is 0 Å². The number of benzene rings is 1. The third kappa shape index (κ3) is 2.06. The van der Waals surface area contributed by atoms with E-state index in [2.05, 4.69) is 30.9 Å². The first-order valence-electron chi connectivity index (χ1n) is 5.12. The molecule has 0 spiro atoms. The lowest BCUT2D eigenvalue weighted by molar-refractivity contribution is 0.900. The lowest BCUT2D eigenvalue weighted by Crippen LogP contribution is -1.76. The first-order chi connectivity index (χ1) is 6.86. The zero-order chi connectivity index (χ0) is 9.80. The Labute approximate surface area is 85.7 Å². The van der Waals surface area contributed by atoms with Gasteiger partial charge in [-0.2, -0.15) is 0 Å². The Hall–Kier alpha value is -1.48. The minimum Gasteiger partial charge on any atom is -0.0662 e. The minimum absolute atomic E-state index is 1.11. The summed E-state index contributed by atoms with van der Waals surface area (Å²) >= 11 is 0. The molecule has 0 amide bonds. The van der Waals surface area contributed by atoms with Crippen LogP contribution in [-0.4, -0.2) is 0 Å². The van der Waals surface area contributed by atoms with Crippen LogP contribution < -0.4 is 0 Å². The number of hydrogen-bond donors (Lipinski definition) is 0. The molecule has 0 atom stereocenters. The topological polar surface area (TPSA) is 0 Å². The summed E-state index contributed by atoms with van der Waals surface area (Å²) in [6.07, 6.45) is 3.69. The predicted octanol–water partition coefficient (Wildman–Crippen LogP) is 3.54. The maximum atomic E-state index is 3.28. The van der Waals surface area contributed by atoms with Crippen LogP contribution in [0, 0.1) is 11.8 Å². The van der Waals surface area contributed by atoms with Crippen LogP contribution in [0.3, 0.4) is 0 Å². The van der Waals surface area contributed by atoms with Gasteiger partial charge in [-0.3, -0.25) is 0 Å². The molecule has 0 fully saturated rings. The van der Waals surface area contributed by atoms with Gasteiger partial charge >= 0.3 is 0 Å². The van der Waals surface area contributed by atoms with E-state index in [0.29, 0.717) is 0 Å². The van der Waals surface area contributed by atoms with Gasteiger partial charge in [-0.1, -0.05) is 35.6 Å². The summed E-state index contributed by atoms with van der Waals surface area (Å²) in [6.45, 7) is 2.20. The van der Waals surface area contributed by atoms with Crippen LogP contribution >= 0.6 is 0 Å². The van der Waals surface area contributed by atoms with Crippen molar-refractivity contribution in [1.82, 2.24) is 0 Å². The van der Waals surface area contributed by atoms with Gasteiger partial charge in [0.2, 0.25) is 0 Å². The highest BCUT2D eigenvalue weighted by Gasteiger charge is 2.07. The van der Waals surface area contributed by atoms with Gasteiger partial charge in [-0.25, -0.2) is 0 Å². The van der Waals surface area contributed by atoms with E-state index in [0.717, 1.165) is 5.56 Å². The Balaban J connectivity index is 2.19. The first kappa shape index (κ1) is 9.09. The van der Waals surface area contributed by atoms with E-state index in [1.165, 1.54) is 30.4 Å². The fourth-order valence-corrected chi connectivity index (χ4v) is 1.73. The number of hydrogen-bond acceptors (Lipinski definition) is 0. The Morgan fingerprint density at radius 3 is 2.43 bits per heavy atom. The largest absolute Gasteiger partial charge is 0.0662 e. The quantitative estimate of drug-likeness (QED) is 0.538. The maximum Gasteiger partial charge on any atom is 0.0248 e. The molecule has 1 aliphatic carbocycles. The minimum atomic E-state index is 1.11. The van der Waals surface area contributed by atoms with Gasteiger partial charge in [0, 0.05) is 11.1 Å². The summed E-state index contributed by atoms with van der Waals surface area (Å²) in [7, 11) is 0. The van der Waals surface area contributed by atoms with E-state index < -0.39 is 0 Å². The predicted molar refractivity (Wildman–Crippen MR) is 59.9 cm³/mol. The Kier molecular flexibility index (Phi) is 2.70. The van der Waals surface area contributed by atoms with Crippen molar-refractivity contribution >= 4 is 0 Å². The summed E-state index contributed by atoms with van der Waals surface area (Å²) in [5.74, 6) is 6.49. The van der Waals surface area contributed by atoms with Crippen molar-refractivity contribution in [3.63, 3.8) is 0 Å². The van der Waals surface area contributed by atoms with Crippen LogP contribution in [0.1, 0.15) is 31.7 Å². The molecule has 0 N–H and O–H groups in total. The van der Waals surface area contributed by atoms with Crippen LogP contribution in [0.2, 0.25) is 0 Å². The molecule has 1 aromatic carbocycles. The smallest absolute Gasteiger partial charge is 0.0248 e. The second-order valence-electron chi connectivity index (χ2n) is 3.73. The van der Waals surface area contributed by atoms with Gasteiger partial charge in [0.1, 0.15) is 0 Å². The van der Waals surface area contributed by atoms with Crippen molar-refractivity contribution in [2.45, 2.75) is 26.2 Å². The molecule has 2 rings (SSSR count). The zero-order valence-electron chi connectivity index (χ0n) is 8.51. The molecule has 0 radical (unpaired) electrons. The van der Waals surface area contributed by atoms with Crippen LogP contribution in [0.25, 0.3) is 0 Å². The highest BCUT2D eigenvalue weighted by atomic mass is 14.1. The van der Waals surface area contributed by atoms with Crippen LogP contribution in [0.5, 0.6) is 0 Å². The van der Waals surface area contributed by atoms with Crippen molar-refractivity contribution in [3.05, 3.63) is 47.0 Å². The second-order valence-corrected chi connectivity index (χ2v) is 3.73. The monoisotopic (exact) mass is 182 g/mol. The number of allylic oxidation sites excluding steroid dienone is 2. The van der Waals surface area contributed by atoms with Crippen molar-refractivity contribution in [1.29, 1.82) is 0 Å². The molecule has 1 aliphatic rings. The van der Waals surface area contributed by atoms with Crippen molar-refractivity contribution in [2.24, 2.45) is 0 Å². The molecule has 0 unspecified atom stereocenters. The molecule has 0 saturated heterocycles. The summed E-state index contributed by atoms with van der Waals surface area (Å²) < 4.78 is 0. The van der Waals surface area contributed by atoms with Crippen molar-refractivity contribution in [2.75, 3.05) is 0 Å². The first-order valence-corrected chi connectivity index (χ1v) is 5.12. The van der Waals surface area contributed by atoms with Crippen LogP contribution in [0.4, 0.5) is 0 Å². The normalized spacial score (nSPS) is 15.2. The molecule has 1 aromatic rings. The van der Waals surface area contributed by atoms with Gasteiger partial charge in [0.25, 0.3) is 0 Å². The van der Waals surface area contributed by atoms with E-state index >= 15 is 0 Å². The number of rotatable bonds is 0. The SMILES string of the molecule is CC1=C(C#Cc2ccccc2)CCC1. The van der Waals surface area contributed by atoms with E-state index in [9.17, 15) is 0 Å². The molecule has 70 valence electrons. The van der Waals surface area contributed by atoms with Gasteiger partial charge in [0.15, 0.2) is 0 Å². The summed E-state index contributed by atoms with van der Waals surface area (Å²) in [5, 5.41) is 0. The van der Waals surface area contributed by atoms with Gasteiger partial charge < -0.3 is 0 Å².